The molecule has 0 saturated carbocycles. The number of hydrogen-bond acceptors (Lipinski definition) is 7. The number of nitrogens with zero attached hydrogens (tertiary/aromatic N) is 3. The lowest BCUT2D eigenvalue weighted by Crippen LogP contribution is -2.18. The number of phenols is 1. The zero-order chi connectivity index (χ0) is 19.3. The summed E-state index contributed by atoms with van der Waals surface area (Å²) in [6.07, 6.45) is 1.71. The molecule has 2 aliphatic rings. The summed E-state index contributed by atoms with van der Waals surface area (Å²) in [5, 5.41) is 18.6. The average Bonchev–Trinajstić information content (AvgIpc) is 3.33. The highest BCUT2D eigenvalue weighted by Crippen LogP contribution is 2.39. The minimum atomic E-state index is -0.739. The molecule has 0 spiro atoms. The standard InChI is InChI=1S/C19H16N4O5/c20-17(25)19-22-21-18(12-6-10-2-1-5-26-15(10)8-13(12)24)23(19)11-3-4-14-16(7-11)28-9-27-14/h3-4,6-8,24H,1-2,5,9H2,(H2,20,25). The van der Waals surface area contributed by atoms with E-state index in [4.69, 9.17) is 19.9 Å². The summed E-state index contributed by atoms with van der Waals surface area (Å²) in [4.78, 5) is 12.0. The monoisotopic (exact) mass is 380 g/mol. The number of hydrogen-bond donors (Lipinski definition) is 2. The summed E-state index contributed by atoms with van der Waals surface area (Å²) >= 11 is 0. The Labute approximate surface area is 159 Å². The number of rotatable bonds is 3. The van der Waals surface area contributed by atoms with E-state index in [0.29, 0.717) is 40.9 Å². The fourth-order valence-electron chi connectivity index (χ4n) is 3.45. The second-order valence-corrected chi connectivity index (χ2v) is 6.51. The summed E-state index contributed by atoms with van der Waals surface area (Å²) in [6, 6.07) is 8.55. The molecule has 0 atom stereocenters. The van der Waals surface area contributed by atoms with Crippen molar-refractivity contribution in [3.8, 4) is 40.1 Å². The normalized spacial score (nSPS) is 14.4. The predicted octanol–water partition coefficient (Wildman–Crippen LogP) is 1.79. The Hall–Kier alpha value is -3.75. The molecule has 0 aliphatic carbocycles. The fraction of sp³-hybridized carbons (Fsp3) is 0.211. The molecule has 0 radical (unpaired) electrons. The highest BCUT2D eigenvalue weighted by atomic mass is 16.7. The maximum absolute atomic E-state index is 12.0. The van der Waals surface area contributed by atoms with Gasteiger partial charge < -0.3 is 25.1 Å². The Bertz CT molecular complexity index is 1110. The number of nitrogens with two attached hydrogens (primary N) is 1. The third kappa shape index (κ3) is 2.51. The van der Waals surface area contributed by atoms with Gasteiger partial charge in [-0.15, -0.1) is 10.2 Å². The van der Waals surface area contributed by atoms with Crippen LogP contribution in [0.2, 0.25) is 0 Å². The van der Waals surface area contributed by atoms with Crippen LogP contribution in [0.1, 0.15) is 22.6 Å². The topological polar surface area (TPSA) is 122 Å². The average molecular weight is 380 g/mol. The molecule has 0 fully saturated rings. The minimum absolute atomic E-state index is 0.0222. The van der Waals surface area contributed by atoms with E-state index in [1.165, 1.54) is 4.57 Å². The van der Waals surface area contributed by atoms with Gasteiger partial charge in [-0.2, -0.15) is 0 Å². The third-order valence-corrected chi connectivity index (χ3v) is 4.77. The van der Waals surface area contributed by atoms with E-state index in [9.17, 15) is 9.90 Å². The molecule has 2 aromatic carbocycles. The number of aromatic hydroxyl groups is 1. The van der Waals surface area contributed by atoms with Crippen molar-refractivity contribution in [3.63, 3.8) is 0 Å². The van der Waals surface area contributed by atoms with Crippen LogP contribution in [0.15, 0.2) is 30.3 Å². The first-order valence-corrected chi connectivity index (χ1v) is 8.76. The first-order chi connectivity index (χ1) is 13.6. The molecule has 3 N–H and O–H groups in total. The molecule has 2 aliphatic heterocycles. The number of amides is 1. The summed E-state index contributed by atoms with van der Waals surface area (Å²) < 4.78 is 17.9. The highest BCUT2D eigenvalue weighted by Gasteiger charge is 2.25. The molecule has 142 valence electrons. The van der Waals surface area contributed by atoms with Gasteiger partial charge in [0.25, 0.3) is 5.91 Å². The minimum Gasteiger partial charge on any atom is -0.507 e. The zero-order valence-electron chi connectivity index (χ0n) is 14.7. The number of benzene rings is 2. The molecule has 9 heteroatoms. The SMILES string of the molecule is NC(=O)c1nnc(-c2cc3c(cc2O)OCCC3)n1-c1ccc2c(c1)OCO2. The Kier molecular flexibility index (Phi) is 3.61. The predicted molar refractivity (Wildman–Crippen MR) is 96.9 cm³/mol. The largest absolute Gasteiger partial charge is 0.507 e. The molecular weight excluding hydrogens is 364 g/mol. The summed E-state index contributed by atoms with van der Waals surface area (Å²) in [5.41, 5.74) is 7.46. The molecule has 9 nitrogen and oxygen atoms in total. The lowest BCUT2D eigenvalue weighted by molar-refractivity contribution is 0.0988. The van der Waals surface area contributed by atoms with Gasteiger partial charge in [0, 0.05) is 12.1 Å². The van der Waals surface area contributed by atoms with Crippen LogP contribution in [0.4, 0.5) is 0 Å². The van der Waals surface area contributed by atoms with Crippen molar-refractivity contribution in [1.29, 1.82) is 0 Å². The number of aromatic nitrogens is 3. The fourth-order valence-corrected chi connectivity index (χ4v) is 3.45. The van der Waals surface area contributed by atoms with Gasteiger partial charge in [0.2, 0.25) is 12.6 Å². The van der Waals surface area contributed by atoms with Gasteiger partial charge in [0.15, 0.2) is 17.3 Å². The van der Waals surface area contributed by atoms with Gasteiger partial charge in [-0.3, -0.25) is 9.36 Å². The van der Waals surface area contributed by atoms with Gasteiger partial charge in [0.05, 0.1) is 17.9 Å². The van der Waals surface area contributed by atoms with Gasteiger partial charge in [-0.1, -0.05) is 0 Å². The van der Waals surface area contributed by atoms with Crippen LogP contribution in [0.25, 0.3) is 17.1 Å². The Morgan fingerprint density at radius 2 is 1.93 bits per heavy atom. The van der Waals surface area contributed by atoms with Crippen molar-refractivity contribution < 1.29 is 24.1 Å². The quantitative estimate of drug-likeness (QED) is 0.710. The number of phenolic OH excluding ortho intramolecular Hbond substituents is 1. The van der Waals surface area contributed by atoms with Gasteiger partial charge in [0.1, 0.15) is 11.5 Å². The van der Waals surface area contributed by atoms with E-state index in [1.807, 2.05) is 6.07 Å². The number of ether oxygens (including phenoxy) is 3. The molecule has 28 heavy (non-hydrogen) atoms. The van der Waals surface area contributed by atoms with Crippen LogP contribution in [0.5, 0.6) is 23.0 Å². The van der Waals surface area contributed by atoms with E-state index in [1.54, 1.807) is 24.3 Å². The number of carbonyl (C=O) groups excluding carboxylic acids is 1. The highest BCUT2D eigenvalue weighted by molar-refractivity contribution is 5.91. The molecule has 0 bridgehead atoms. The van der Waals surface area contributed by atoms with Crippen molar-refractivity contribution in [2.24, 2.45) is 5.73 Å². The molecule has 0 unspecified atom stereocenters. The van der Waals surface area contributed by atoms with Crippen molar-refractivity contribution >= 4 is 5.91 Å². The first-order valence-electron chi connectivity index (χ1n) is 8.76. The van der Waals surface area contributed by atoms with Crippen LogP contribution < -0.4 is 19.9 Å². The van der Waals surface area contributed by atoms with E-state index < -0.39 is 5.91 Å². The second-order valence-electron chi connectivity index (χ2n) is 6.51. The first kappa shape index (κ1) is 16.4. The molecular formula is C19H16N4O5. The third-order valence-electron chi connectivity index (χ3n) is 4.77. The van der Waals surface area contributed by atoms with Crippen molar-refractivity contribution in [3.05, 3.63) is 41.7 Å². The van der Waals surface area contributed by atoms with Crippen LogP contribution in [0.3, 0.4) is 0 Å². The number of fused-ring (bicyclic) bond motifs is 2. The molecule has 5 rings (SSSR count). The van der Waals surface area contributed by atoms with Crippen LogP contribution in [-0.4, -0.2) is 39.2 Å². The van der Waals surface area contributed by atoms with Gasteiger partial charge in [-0.05, 0) is 36.6 Å². The Morgan fingerprint density at radius 3 is 2.79 bits per heavy atom. The lowest BCUT2D eigenvalue weighted by atomic mass is 10.0. The van der Waals surface area contributed by atoms with Crippen LogP contribution in [-0.2, 0) is 6.42 Å². The number of carbonyl (C=O) groups is 1. The van der Waals surface area contributed by atoms with E-state index in [2.05, 4.69) is 10.2 Å². The summed E-state index contributed by atoms with van der Waals surface area (Å²) in [5.74, 6) is 1.27. The van der Waals surface area contributed by atoms with Gasteiger partial charge in [-0.25, -0.2) is 0 Å². The van der Waals surface area contributed by atoms with Crippen molar-refractivity contribution in [2.45, 2.75) is 12.8 Å². The molecule has 1 amide bonds. The lowest BCUT2D eigenvalue weighted by Gasteiger charge is -2.19. The van der Waals surface area contributed by atoms with Gasteiger partial charge >= 0.3 is 0 Å². The van der Waals surface area contributed by atoms with Crippen molar-refractivity contribution in [2.75, 3.05) is 13.4 Å². The zero-order valence-corrected chi connectivity index (χ0v) is 14.7. The summed E-state index contributed by atoms with van der Waals surface area (Å²) in [6.45, 7) is 0.743. The summed E-state index contributed by atoms with van der Waals surface area (Å²) in [7, 11) is 0. The molecule has 0 saturated heterocycles. The molecule has 3 heterocycles. The van der Waals surface area contributed by atoms with E-state index >= 15 is 0 Å². The second kappa shape index (κ2) is 6.15. The van der Waals surface area contributed by atoms with E-state index in [0.717, 1.165) is 18.4 Å². The molecule has 3 aromatic rings. The number of primary amides is 1. The number of aryl methyl sites for hydroxylation is 1. The van der Waals surface area contributed by atoms with Crippen molar-refractivity contribution in [1.82, 2.24) is 14.8 Å². The van der Waals surface area contributed by atoms with E-state index in [-0.39, 0.29) is 18.4 Å². The van der Waals surface area contributed by atoms with Crippen LogP contribution >= 0.6 is 0 Å². The van der Waals surface area contributed by atoms with Crippen LogP contribution in [0, 0.1) is 0 Å². The Balaban J connectivity index is 1.71. The maximum Gasteiger partial charge on any atom is 0.287 e. The Morgan fingerprint density at radius 1 is 1.07 bits per heavy atom. The molecule has 1 aromatic heterocycles. The smallest absolute Gasteiger partial charge is 0.287 e. The maximum atomic E-state index is 12.0.